The van der Waals surface area contributed by atoms with Crippen LogP contribution >= 0.6 is 11.6 Å². The predicted molar refractivity (Wildman–Crippen MR) is 82.8 cm³/mol. The molecule has 2 fully saturated rings. The maximum Gasteiger partial charge on any atom is 0.259 e. The van der Waals surface area contributed by atoms with Gasteiger partial charge in [-0.3, -0.25) is 14.3 Å². The number of carbonyl (C=O) groups excluding carboxylic acids is 2. The van der Waals surface area contributed by atoms with Crippen LogP contribution in [0.25, 0.3) is 0 Å². The Kier molecular flexibility index (Phi) is 3.89. The largest absolute Gasteiger partial charge is 0.343 e. The lowest BCUT2D eigenvalue weighted by atomic mass is 9.91. The summed E-state index contributed by atoms with van der Waals surface area (Å²) >= 11 is 6.28. The smallest absolute Gasteiger partial charge is 0.259 e. The lowest BCUT2D eigenvalue weighted by Gasteiger charge is -2.36. The van der Waals surface area contributed by atoms with Crippen LogP contribution in [0.2, 0.25) is 5.15 Å². The van der Waals surface area contributed by atoms with Gasteiger partial charge in [-0.15, -0.1) is 0 Å². The molecule has 2 amide bonds. The van der Waals surface area contributed by atoms with Crippen LogP contribution in [0.4, 0.5) is 0 Å². The molecule has 2 aliphatic heterocycles. The number of halogens is 1. The number of aryl methyl sites for hydroxylation is 2. The van der Waals surface area contributed by atoms with Crippen molar-refractivity contribution in [3.8, 4) is 0 Å². The number of likely N-dealkylation sites (tertiary alicyclic amines) is 2. The highest BCUT2D eigenvalue weighted by Crippen LogP contribution is 2.33. The van der Waals surface area contributed by atoms with Crippen molar-refractivity contribution in [1.82, 2.24) is 19.6 Å². The van der Waals surface area contributed by atoms with Crippen molar-refractivity contribution in [2.45, 2.75) is 32.2 Å². The number of amides is 2. The standard InChI is InChI=1S/C15H21ClN4O2/c1-4-10-12(13(16)19(3)17-10)15(22)20-7-5-6-9-11(20)8-18(2)14(9)21/h9,11H,4-8H2,1-3H3/t9-,11-/m1/s1. The van der Waals surface area contributed by atoms with Gasteiger partial charge in [0, 0.05) is 27.2 Å². The Balaban J connectivity index is 1.94. The molecule has 0 aliphatic carbocycles. The van der Waals surface area contributed by atoms with Crippen molar-refractivity contribution in [2.75, 3.05) is 20.1 Å². The van der Waals surface area contributed by atoms with E-state index in [0.717, 1.165) is 18.5 Å². The first-order valence-electron chi connectivity index (χ1n) is 7.73. The molecule has 0 radical (unpaired) electrons. The molecule has 7 heteroatoms. The van der Waals surface area contributed by atoms with E-state index in [1.165, 1.54) is 0 Å². The van der Waals surface area contributed by atoms with Crippen molar-refractivity contribution in [2.24, 2.45) is 13.0 Å². The molecular formula is C15H21ClN4O2. The summed E-state index contributed by atoms with van der Waals surface area (Å²) in [6.45, 7) is 3.24. The summed E-state index contributed by atoms with van der Waals surface area (Å²) in [4.78, 5) is 28.8. The van der Waals surface area contributed by atoms with E-state index in [-0.39, 0.29) is 23.8 Å². The van der Waals surface area contributed by atoms with Crippen molar-refractivity contribution in [1.29, 1.82) is 0 Å². The van der Waals surface area contributed by atoms with Gasteiger partial charge in [-0.25, -0.2) is 0 Å². The van der Waals surface area contributed by atoms with Crippen molar-refractivity contribution in [3.63, 3.8) is 0 Å². The summed E-state index contributed by atoms with van der Waals surface area (Å²) in [5.74, 6) is -0.00790. The van der Waals surface area contributed by atoms with Gasteiger partial charge in [0.25, 0.3) is 5.91 Å². The van der Waals surface area contributed by atoms with Gasteiger partial charge in [0.15, 0.2) is 0 Å². The maximum atomic E-state index is 13.0. The third-order valence-electron chi connectivity index (χ3n) is 4.79. The van der Waals surface area contributed by atoms with Gasteiger partial charge in [0.05, 0.1) is 23.2 Å². The average Bonchev–Trinajstić information content (AvgIpc) is 2.96. The van der Waals surface area contributed by atoms with Crippen LogP contribution < -0.4 is 0 Å². The second kappa shape index (κ2) is 5.57. The number of hydrogen-bond donors (Lipinski definition) is 0. The van der Waals surface area contributed by atoms with E-state index in [9.17, 15) is 9.59 Å². The minimum atomic E-state index is -0.0900. The highest BCUT2D eigenvalue weighted by Gasteiger charge is 2.46. The van der Waals surface area contributed by atoms with Crippen LogP contribution in [0.3, 0.4) is 0 Å². The second-order valence-electron chi connectivity index (χ2n) is 6.12. The number of carbonyl (C=O) groups is 2. The molecule has 3 heterocycles. The quantitative estimate of drug-likeness (QED) is 0.824. The molecule has 0 saturated carbocycles. The molecule has 2 saturated heterocycles. The first kappa shape index (κ1) is 15.3. The molecule has 2 aliphatic rings. The van der Waals surface area contributed by atoms with Gasteiger partial charge in [-0.05, 0) is 19.3 Å². The first-order chi connectivity index (χ1) is 10.5. The van der Waals surface area contributed by atoms with Crippen LogP contribution in [0.1, 0.15) is 35.8 Å². The lowest BCUT2D eigenvalue weighted by molar-refractivity contribution is -0.130. The number of hydrogen-bond acceptors (Lipinski definition) is 3. The number of likely N-dealkylation sites (N-methyl/N-ethyl adjacent to an activating group) is 1. The number of piperidine rings is 1. The summed E-state index contributed by atoms with van der Waals surface area (Å²) in [7, 11) is 3.54. The Morgan fingerprint density at radius 1 is 1.41 bits per heavy atom. The normalized spacial score (nSPS) is 24.8. The number of rotatable bonds is 2. The zero-order valence-corrected chi connectivity index (χ0v) is 13.9. The van der Waals surface area contributed by atoms with Gasteiger partial charge in [-0.2, -0.15) is 5.10 Å². The summed E-state index contributed by atoms with van der Waals surface area (Å²) in [5, 5.41) is 4.70. The average molecular weight is 325 g/mol. The van der Waals surface area contributed by atoms with Gasteiger partial charge in [-0.1, -0.05) is 18.5 Å². The van der Waals surface area contributed by atoms with Gasteiger partial charge in [0.1, 0.15) is 5.15 Å². The minimum Gasteiger partial charge on any atom is -0.343 e. The fourth-order valence-electron chi connectivity index (χ4n) is 3.64. The Labute approximate surface area is 135 Å². The fraction of sp³-hybridized carbons (Fsp3) is 0.667. The van der Waals surface area contributed by atoms with E-state index in [4.69, 9.17) is 11.6 Å². The maximum absolute atomic E-state index is 13.0. The lowest BCUT2D eigenvalue weighted by Crippen LogP contribution is -2.48. The molecule has 0 unspecified atom stereocenters. The summed E-state index contributed by atoms with van der Waals surface area (Å²) < 4.78 is 1.54. The summed E-state index contributed by atoms with van der Waals surface area (Å²) in [5.41, 5.74) is 1.21. The number of nitrogens with zero attached hydrogens (tertiary/aromatic N) is 4. The zero-order valence-electron chi connectivity index (χ0n) is 13.2. The van der Waals surface area contributed by atoms with E-state index in [1.54, 1.807) is 23.7 Å². The van der Waals surface area contributed by atoms with Crippen LogP contribution in [-0.2, 0) is 18.3 Å². The molecule has 1 aromatic rings. The first-order valence-corrected chi connectivity index (χ1v) is 8.10. The molecular weight excluding hydrogens is 304 g/mol. The molecule has 0 N–H and O–H groups in total. The molecule has 22 heavy (non-hydrogen) atoms. The van der Waals surface area contributed by atoms with E-state index < -0.39 is 0 Å². The van der Waals surface area contributed by atoms with Crippen LogP contribution in [0, 0.1) is 5.92 Å². The summed E-state index contributed by atoms with van der Waals surface area (Å²) in [6, 6.07) is -0.0419. The third kappa shape index (κ3) is 2.20. The predicted octanol–water partition coefficient (Wildman–Crippen LogP) is 1.33. The molecule has 120 valence electrons. The molecule has 1 aromatic heterocycles. The molecule has 3 rings (SSSR count). The van der Waals surface area contributed by atoms with Crippen LogP contribution in [-0.4, -0.2) is 57.6 Å². The number of fused-ring (bicyclic) bond motifs is 1. The Morgan fingerprint density at radius 3 is 2.82 bits per heavy atom. The SMILES string of the molecule is CCc1nn(C)c(Cl)c1C(=O)N1CCC[C@H]2C(=O)N(C)C[C@H]21. The molecule has 0 spiro atoms. The molecule has 6 nitrogen and oxygen atoms in total. The van der Waals surface area contributed by atoms with Crippen molar-refractivity contribution >= 4 is 23.4 Å². The van der Waals surface area contributed by atoms with Gasteiger partial charge < -0.3 is 9.80 Å². The van der Waals surface area contributed by atoms with E-state index in [0.29, 0.717) is 30.2 Å². The van der Waals surface area contributed by atoms with Crippen LogP contribution in [0.15, 0.2) is 0 Å². The second-order valence-corrected chi connectivity index (χ2v) is 6.48. The summed E-state index contributed by atoms with van der Waals surface area (Å²) in [6.07, 6.45) is 2.37. The van der Waals surface area contributed by atoms with Gasteiger partial charge >= 0.3 is 0 Å². The van der Waals surface area contributed by atoms with E-state index in [2.05, 4.69) is 5.10 Å². The van der Waals surface area contributed by atoms with Crippen molar-refractivity contribution < 1.29 is 9.59 Å². The third-order valence-corrected chi connectivity index (χ3v) is 5.23. The molecule has 0 bridgehead atoms. The topological polar surface area (TPSA) is 58.4 Å². The molecule has 0 aromatic carbocycles. The highest BCUT2D eigenvalue weighted by molar-refractivity contribution is 6.33. The van der Waals surface area contributed by atoms with Crippen molar-refractivity contribution in [3.05, 3.63) is 16.4 Å². The fourth-order valence-corrected chi connectivity index (χ4v) is 3.86. The highest BCUT2D eigenvalue weighted by atomic mass is 35.5. The van der Waals surface area contributed by atoms with Gasteiger partial charge in [0.2, 0.25) is 5.91 Å². The zero-order chi connectivity index (χ0) is 16.0. The van der Waals surface area contributed by atoms with E-state index in [1.807, 2.05) is 11.8 Å². The monoisotopic (exact) mass is 324 g/mol. The van der Waals surface area contributed by atoms with E-state index >= 15 is 0 Å². The van der Waals surface area contributed by atoms with Crippen LogP contribution in [0.5, 0.6) is 0 Å². The number of aromatic nitrogens is 2. The Morgan fingerprint density at radius 2 is 2.14 bits per heavy atom. The molecule has 2 atom stereocenters. The Bertz CT molecular complexity index is 627. The minimum absolute atomic E-state index is 0.0419. The Hall–Kier alpha value is -1.56.